The number of carbonyl (C=O) groups excluding carboxylic acids is 2. The normalized spacial score (nSPS) is 20.5. The number of anilines is 2. The number of halogens is 2. The minimum absolute atomic E-state index is 0.288. The van der Waals surface area contributed by atoms with Crippen LogP contribution in [0.5, 0.6) is 0 Å². The number of aromatic nitrogens is 4. The molecule has 2 bridgehead atoms. The van der Waals surface area contributed by atoms with Crippen molar-refractivity contribution in [3.63, 3.8) is 0 Å². The third kappa shape index (κ3) is 6.95. The molecule has 2 unspecified atom stereocenters. The van der Waals surface area contributed by atoms with E-state index in [1.54, 1.807) is 30.3 Å². The molecule has 214 valence electrons. The highest BCUT2D eigenvalue weighted by Gasteiger charge is 2.34. The number of alkyl halides is 1. The van der Waals surface area contributed by atoms with Gasteiger partial charge in [-0.1, -0.05) is 42.1 Å². The van der Waals surface area contributed by atoms with Gasteiger partial charge in [-0.3, -0.25) is 15.1 Å². The average molecular weight is 598 g/mol. The molecule has 2 aliphatic heterocycles. The highest BCUT2D eigenvalue weighted by atomic mass is 35.5. The van der Waals surface area contributed by atoms with Gasteiger partial charge in [-0.05, 0) is 59.7 Å². The molecule has 12 nitrogen and oxygen atoms in total. The van der Waals surface area contributed by atoms with Gasteiger partial charge in [0.25, 0.3) is 0 Å². The number of tetrazole rings is 1. The molecule has 41 heavy (non-hydrogen) atoms. The molecule has 0 spiro atoms. The van der Waals surface area contributed by atoms with E-state index in [2.05, 4.69) is 36.8 Å². The first-order valence-corrected chi connectivity index (χ1v) is 14.0. The van der Waals surface area contributed by atoms with Crippen LogP contribution >= 0.6 is 23.2 Å². The maximum Gasteiger partial charge on any atom is 0.411 e. The lowest BCUT2D eigenvalue weighted by atomic mass is 10.0. The summed E-state index contributed by atoms with van der Waals surface area (Å²) in [5.74, 6) is 0.335. The first-order valence-electron chi connectivity index (χ1n) is 13.1. The first kappa shape index (κ1) is 28.4. The molecule has 2 aliphatic rings. The van der Waals surface area contributed by atoms with E-state index in [9.17, 15) is 9.59 Å². The lowest BCUT2D eigenvalue weighted by Crippen LogP contribution is -2.45. The van der Waals surface area contributed by atoms with Crippen molar-refractivity contribution in [2.75, 3.05) is 24.3 Å². The fraction of sp³-hybridized carbons (Fsp3) is 0.333. The molecule has 2 aromatic carbocycles. The molecule has 0 saturated carbocycles. The van der Waals surface area contributed by atoms with E-state index in [1.807, 2.05) is 12.1 Å². The Hall–Kier alpha value is -4.16. The molecule has 14 heteroatoms. The second-order valence-electron chi connectivity index (χ2n) is 9.55. The van der Waals surface area contributed by atoms with Gasteiger partial charge in [-0.2, -0.15) is 4.68 Å². The third-order valence-corrected chi connectivity index (χ3v) is 7.36. The van der Waals surface area contributed by atoms with Crippen molar-refractivity contribution in [2.24, 2.45) is 4.99 Å². The molecule has 0 saturated heterocycles. The van der Waals surface area contributed by atoms with Gasteiger partial charge in [0.15, 0.2) is 0 Å². The van der Waals surface area contributed by atoms with Crippen LogP contribution in [0.2, 0.25) is 5.02 Å². The molecule has 3 atom stereocenters. The Kier molecular flexibility index (Phi) is 9.00. The Morgan fingerprint density at radius 3 is 2.85 bits per heavy atom. The van der Waals surface area contributed by atoms with E-state index in [1.165, 1.54) is 24.2 Å². The van der Waals surface area contributed by atoms with Crippen LogP contribution in [0.4, 0.5) is 16.2 Å². The van der Waals surface area contributed by atoms with Crippen LogP contribution in [0.3, 0.4) is 0 Å². The number of aliphatic imine (C=N–C) groups is 1. The molecule has 2 amide bonds. The monoisotopic (exact) mass is 597 g/mol. The highest BCUT2D eigenvalue weighted by Crippen LogP contribution is 2.36. The summed E-state index contributed by atoms with van der Waals surface area (Å²) in [6, 6.07) is 10.0. The number of carbonyl (C=O) groups is 2. The van der Waals surface area contributed by atoms with Gasteiger partial charge in [0.2, 0.25) is 5.91 Å². The van der Waals surface area contributed by atoms with Crippen LogP contribution in [0.25, 0.3) is 11.8 Å². The quantitative estimate of drug-likeness (QED) is 0.193. The molecular weight excluding hydrogens is 569 g/mol. The number of nitrogens with zero attached hydrogens (tertiary/aromatic N) is 5. The van der Waals surface area contributed by atoms with E-state index in [0.29, 0.717) is 34.2 Å². The van der Waals surface area contributed by atoms with Crippen LogP contribution < -0.4 is 21.3 Å². The molecule has 1 aromatic heterocycles. The van der Waals surface area contributed by atoms with E-state index in [0.717, 1.165) is 37.1 Å². The predicted molar refractivity (Wildman–Crippen MR) is 158 cm³/mol. The number of amides is 2. The van der Waals surface area contributed by atoms with Crippen LogP contribution in [-0.4, -0.2) is 63.2 Å². The zero-order chi connectivity index (χ0) is 28.8. The maximum absolute atomic E-state index is 13.1. The lowest BCUT2D eigenvalue weighted by molar-refractivity contribution is -0.116. The zero-order valence-corrected chi connectivity index (χ0v) is 23.7. The van der Waals surface area contributed by atoms with Crippen LogP contribution in [-0.2, 0) is 9.53 Å². The number of benzene rings is 2. The Balaban J connectivity index is 1.36. The van der Waals surface area contributed by atoms with E-state index in [-0.39, 0.29) is 11.9 Å². The summed E-state index contributed by atoms with van der Waals surface area (Å²) in [4.78, 5) is 29.7. The van der Waals surface area contributed by atoms with Gasteiger partial charge < -0.3 is 20.7 Å². The van der Waals surface area contributed by atoms with Crippen molar-refractivity contribution >= 4 is 58.5 Å². The number of fused-ring (bicyclic) bond motifs is 3. The van der Waals surface area contributed by atoms with Crippen LogP contribution in [0.1, 0.15) is 42.9 Å². The van der Waals surface area contributed by atoms with Gasteiger partial charge in [0, 0.05) is 40.1 Å². The van der Waals surface area contributed by atoms with Gasteiger partial charge in [0.05, 0.1) is 18.8 Å². The van der Waals surface area contributed by atoms with Crippen molar-refractivity contribution < 1.29 is 14.3 Å². The Morgan fingerprint density at radius 1 is 1.17 bits per heavy atom. The fourth-order valence-electron chi connectivity index (χ4n) is 4.78. The van der Waals surface area contributed by atoms with E-state index in [4.69, 9.17) is 32.9 Å². The molecular formula is C27H29Cl2N9O3. The zero-order valence-electron chi connectivity index (χ0n) is 22.2. The number of methoxy groups -OCH3 is 1. The molecule has 0 fully saturated rings. The number of hydrogen-bond donors (Lipinski definition) is 4. The fourth-order valence-corrected chi connectivity index (χ4v) is 5.26. The largest absolute Gasteiger partial charge is 0.453 e. The minimum atomic E-state index is -0.550. The molecule has 0 radical (unpaired) electrons. The smallest absolute Gasteiger partial charge is 0.411 e. The molecule has 3 aromatic rings. The van der Waals surface area contributed by atoms with Crippen LogP contribution in [0.15, 0.2) is 53.8 Å². The maximum atomic E-state index is 13.1. The predicted octanol–water partition coefficient (Wildman–Crippen LogP) is 4.29. The number of nitrogens with one attached hydrogen (secondary N) is 4. The topological polar surface area (TPSA) is 147 Å². The molecule has 0 aliphatic carbocycles. The summed E-state index contributed by atoms with van der Waals surface area (Å²) in [7, 11) is 1.32. The Labute approximate surface area is 246 Å². The van der Waals surface area contributed by atoms with Gasteiger partial charge in [0.1, 0.15) is 23.7 Å². The SMILES string of the molecule is COC(=O)Nc1ccc2c(c1)NCCCCC[C@H](NC(=O)/C=C/c1cc(Cl)ccc1-n1cnnn1)C1=NC2C(Cl)N1. The number of rotatable bonds is 5. The van der Waals surface area contributed by atoms with E-state index >= 15 is 0 Å². The van der Waals surface area contributed by atoms with E-state index < -0.39 is 17.6 Å². The van der Waals surface area contributed by atoms with Crippen molar-refractivity contribution in [1.82, 2.24) is 30.8 Å². The second kappa shape index (κ2) is 13.0. The summed E-state index contributed by atoms with van der Waals surface area (Å²) < 4.78 is 6.21. The minimum Gasteiger partial charge on any atom is -0.453 e. The van der Waals surface area contributed by atoms with Crippen molar-refractivity contribution in [2.45, 2.75) is 43.3 Å². The Morgan fingerprint density at radius 2 is 2.05 bits per heavy atom. The number of amidine groups is 1. The Bertz CT molecular complexity index is 1460. The standard InChI is InChI=1S/C27H29Cl2N9O3/c1-41-27(40)32-18-8-9-19-21(14-18)30-12-4-2-3-5-20(26-34-24(19)25(29)35-26)33-23(39)11-6-16-13-17(28)7-10-22(16)38-15-31-36-37-38/h6-11,13-15,20,24-25,30H,2-5,12H2,1H3,(H,32,40)(H,33,39)(H,34,35)/b11-6+/t20-,24?,25?/m0/s1. The van der Waals surface area contributed by atoms with Gasteiger partial charge >= 0.3 is 6.09 Å². The average Bonchev–Trinajstić information content (AvgIpc) is 3.63. The second-order valence-corrected chi connectivity index (χ2v) is 10.5. The number of ether oxygens (including phenoxy) is 1. The number of hydrogen-bond acceptors (Lipinski definition) is 9. The lowest BCUT2D eigenvalue weighted by Gasteiger charge is -2.19. The summed E-state index contributed by atoms with van der Waals surface area (Å²) in [6.45, 7) is 0.737. The van der Waals surface area contributed by atoms with Gasteiger partial charge in [-0.25, -0.2) is 4.79 Å². The van der Waals surface area contributed by atoms with Crippen molar-refractivity contribution in [3.8, 4) is 5.69 Å². The first-order chi connectivity index (χ1) is 19.9. The van der Waals surface area contributed by atoms with Gasteiger partial charge in [-0.15, -0.1) is 5.10 Å². The molecule has 5 rings (SSSR count). The molecule has 4 N–H and O–H groups in total. The summed E-state index contributed by atoms with van der Waals surface area (Å²) in [5, 5.41) is 24.3. The van der Waals surface area contributed by atoms with Crippen molar-refractivity contribution in [1.29, 1.82) is 0 Å². The van der Waals surface area contributed by atoms with Crippen molar-refractivity contribution in [3.05, 3.63) is 65.0 Å². The molecule has 3 heterocycles. The third-order valence-electron chi connectivity index (χ3n) is 6.78. The summed E-state index contributed by atoms with van der Waals surface area (Å²) >= 11 is 12.9. The summed E-state index contributed by atoms with van der Waals surface area (Å²) in [5.41, 5.74) is 3.14. The highest BCUT2D eigenvalue weighted by molar-refractivity contribution is 6.30. The summed E-state index contributed by atoms with van der Waals surface area (Å²) in [6.07, 6.45) is 7.50. The van der Waals surface area contributed by atoms with Crippen LogP contribution in [0, 0.1) is 0 Å².